The number of amides is 2. The van der Waals surface area contributed by atoms with Gasteiger partial charge in [0.25, 0.3) is 0 Å². The van der Waals surface area contributed by atoms with Crippen LogP contribution in [0.15, 0.2) is 48.5 Å². The van der Waals surface area contributed by atoms with Crippen molar-refractivity contribution in [1.82, 2.24) is 10.2 Å². The van der Waals surface area contributed by atoms with Crippen molar-refractivity contribution < 1.29 is 27.5 Å². The molecule has 2 atom stereocenters. The first-order chi connectivity index (χ1) is 16.7. The molecule has 2 aromatic carbocycles. The lowest BCUT2D eigenvalue weighted by Crippen LogP contribution is -2.52. The van der Waals surface area contributed by atoms with Crippen molar-refractivity contribution in [3.05, 3.63) is 54.1 Å². The van der Waals surface area contributed by atoms with Crippen LogP contribution in [-0.2, 0) is 26.2 Å². The summed E-state index contributed by atoms with van der Waals surface area (Å²) in [4.78, 5) is 27.9. The van der Waals surface area contributed by atoms with E-state index in [0.717, 1.165) is 16.3 Å². The van der Waals surface area contributed by atoms with Gasteiger partial charge >= 0.3 is 0 Å². The van der Waals surface area contributed by atoms with Crippen LogP contribution in [-0.4, -0.2) is 56.3 Å². The predicted octanol–water partition coefficient (Wildman–Crippen LogP) is 2.90. The van der Waals surface area contributed by atoms with Crippen molar-refractivity contribution in [3.8, 4) is 11.5 Å². The molecule has 3 rings (SSSR count). The molecule has 0 aliphatic carbocycles. The molecule has 9 nitrogen and oxygen atoms in total. The lowest BCUT2D eigenvalue weighted by molar-refractivity contribution is -0.139. The number of ether oxygens (including phenoxy) is 2. The van der Waals surface area contributed by atoms with Crippen LogP contribution in [0.3, 0.4) is 0 Å². The SMILES string of the molecule is CCC(C)NC(=O)C(C)N(Cc1ccccc1)C(=O)CN(c1ccc2c(c1)OCO2)S(=O)(=O)CC. The van der Waals surface area contributed by atoms with Gasteiger partial charge in [-0.2, -0.15) is 0 Å². The van der Waals surface area contributed by atoms with Gasteiger partial charge in [-0.1, -0.05) is 37.3 Å². The number of nitrogens with one attached hydrogen (secondary N) is 1. The maximum Gasteiger partial charge on any atom is 0.244 e. The third-order valence-corrected chi connectivity index (χ3v) is 7.73. The Balaban J connectivity index is 1.92. The highest BCUT2D eigenvalue weighted by Crippen LogP contribution is 2.36. The van der Waals surface area contributed by atoms with Crippen molar-refractivity contribution in [3.63, 3.8) is 0 Å². The lowest BCUT2D eigenvalue weighted by atomic mass is 10.1. The first-order valence-electron chi connectivity index (χ1n) is 11.7. The van der Waals surface area contributed by atoms with Crippen LogP contribution in [0.2, 0.25) is 0 Å². The van der Waals surface area contributed by atoms with E-state index in [1.807, 2.05) is 44.2 Å². The molecule has 0 radical (unpaired) electrons. The average Bonchev–Trinajstić information content (AvgIpc) is 3.33. The van der Waals surface area contributed by atoms with Gasteiger partial charge in [0.2, 0.25) is 28.6 Å². The Hall–Kier alpha value is -3.27. The van der Waals surface area contributed by atoms with Gasteiger partial charge in [0.1, 0.15) is 12.6 Å². The number of rotatable bonds is 11. The molecule has 0 fully saturated rings. The number of benzene rings is 2. The monoisotopic (exact) mass is 503 g/mol. The summed E-state index contributed by atoms with van der Waals surface area (Å²) < 4.78 is 37.8. The predicted molar refractivity (Wildman–Crippen MR) is 134 cm³/mol. The minimum Gasteiger partial charge on any atom is -0.454 e. The molecule has 10 heteroatoms. The molecule has 0 saturated carbocycles. The molecule has 1 N–H and O–H groups in total. The molecule has 1 aliphatic heterocycles. The maximum absolute atomic E-state index is 13.6. The summed E-state index contributed by atoms with van der Waals surface area (Å²) in [6.07, 6.45) is 0.748. The summed E-state index contributed by atoms with van der Waals surface area (Å²) in [5.41, 5.74) is 1.12. The number of sulfonamides is 1. The molecule has 2 aromatic rings. The van der Waals surface area contributed by atoms with E-state index in [9.17, 15) is 18.0 Å². The summed E-state index contributed by atoms with van der Waals surface area (Å²) in [6, 6.07) is 13.2. The van der Waals surface area contributed by atoms with E-state index in [-0.39, 0.29) is 31.0 Å². The highest BCUT2D eigenvalue weighted by molar-refractivity contribution is 7.92. The first-order valence-corrected chi connectivity index (χ1v) is 13.3. The summed E-state index contributed by atoms with van der Waals surface area (Å²) >= 11 is 0. The van der Waals surface area contributed by atoms with Gasteiger partial charge < -0.3 is 19.7 Å². The Bertz CT molecular complexity index is 1140. The van der Waals surface area contributed by atoms with Gasteiger partial charge in [-0.25, -0.2) is 8.42 Å². The van der Waals surface area contributed by atoms with Crippen LogP contribution in [0.1, 0.15) is 39.7 Å². The second-order valence-electron chi connectivity index (χ2n) is 8.45. The zero-order chi connectivity index (χ0) is 25.6. The second-order valence-corrected chi connectivity index (χ2v) is 10.6. The third kappa shape index (κ3) is 6.45. The number of nitrogens with zero attached hydrogens (tertiary/aromatic N) is 2. The standard InChI is InChI=1S/C25H33N3O6S/c1-5-18(3)26-25(30)19(4)27(15-20-10-8-7-9-11-20)24(29)16-28(35(31,32)6-2)21-12-13-22-23(14-21)34-17-33-22/h7-14,18-19H,5-6,15-17H2,1-4H3,(H,26,30). The number of fused-ring (bicyclic) bond motifs is 1. The van der Waals surface area contributed by atoms with E-state index in [4.69, 9.17) is 9.47 Å². The smallest absolute Gasteiger partial charge is 0.244 e. The number of anilines is 1. The van der Waals surface area contributed by atoms with Gasteiger partial charge in [-0.15, -0.1) is 0 Å². The molecule has 2 unspecified atom stereocenters. The summed E-state index contributed by atoms with van der Waals surface area (Å²) in [5, 5.41) is 2.91. The number of carbonyl (C=O) groups excluding carboxylic acids is 2. The molecule has 35 heavy (non-hydrogen) atoms. The van der Waals surface area contributed by atoms with Crippen molar-refractivity contribution in [2.45, 2.75) is 52.7 Å². The molecule has 1 heterocycles. The number of hydrogen-bond acceptors (Lipinski definition) is 6. The number of carbonyl (C=O) groups is 2. The van der Waals surface area contributed by atoms with E-state index < -0.39 is 28.5 Å². The van der Waals surface area contributed by atoms with Gasteiger partial charge in [0.15, 0.2) is 11.5 Å². The Morgan fingerprint density at radius 1 is 1.03 bits per heavy atom. The van der Waals surface area contributed by atoms with Gasteiger partial charge in [-0.3, -0.25) is 13.9 Å². The van der Waals surface area contributed by atoms with Crippen LogP contribution in [0.25, 0.3) is 0 Å². The van der Waals surface area contributed by atoms with Crippen molar-refractivity contribution in [1.29, 1.82) is 0 Å². The fourth-order valence-corrected chi connectivity index (χ4v) is 4.64. The van der Waals surface area contributed by atoms with Gasteiger partial charge in [0.05, 0.1) is 11.4 Å². The van der Waals surface area contributed by atoms with E-state index >= 15 is 0 Å². The first kappa shape index (κ1) is 26.3. The molecule has 2 amide bonds. The maximum atomic E-state index is 13.6. The van der Waals surface area contributed by atoms with Crippen molar-refractivity contribution in [2.75, 3.05) is 23.4 Å². The van der Waals surface area contributed by atoms with Gasteiger partial charge in [0, 0.05) is 18.7 Å². The summed E-state index contributed by atoms with van der Waals surface area (Å²) in [6.45, 7) is 6.78. The summed E-state index contributed by atoms with van der Waals surface area (Å²) in [5.74, 6) is -0.0621. The largest absolute Gasteiger partial charge is 0.454 e. The average molecular weight is 504 g/mol. The van der Waals surface area contributed by atoms with Crippen LogP contribution < -0.4 is 19.1 Å². The van der Waals surface area contributed by atoms with Crippen molar-refractivity contribution >= 4 is 27.5 Å². The van der Waals surface area contributed by atoms with Crippen LogP contribution >= 0.6 is 0 Å². The molecular formula is C25H33N3O6S. The third-order valence-electron chi connectivity index (χ3n) is 5.99. The molecule has 1 aliphatic rings. The van der Waals surface area contributed by atoms with E-state index in [1.54, 1.807) is 25.1 Å². The normalized spacial score (nSPS) is 14.2. The number of hydrogen-bond donors (Lipinski definition) is 1. The highest BCUT2D eigenvalue weighted by atomic mass is 32.2. The van der Waals surface area contributed by atoms with E-state index in [1.165, 1.54) is 11.8 Å². The minimum atomic E-state index is -3.81. The topological polar surface area (TPSA) is 105 Å². The Morgan fingerprint density at radius 3 is 2.37 bits per heavy atom. The quantitative estimate of drug-likeness (QED) is 0.506. The Morgan fingerprint density at radius 2 is 1.71 bits per heavy atom. The minimum absolute atomic E-state index is 0.0475. The molecule has 190 valence electrons. The van der Waals surface area contributed by atoms with Crippen molar-refractivity contribution in [2.24, 2.45) is 0 Å². The molecular weight excluding hydrogens is 470 g/mol. The van der Waals surface area contributed by atoms with E-state index in [0.29, 0.717) is 17.2 Å². The fraction of sp³-hybridized carbons (Fsp3) is 0.440. The van der Waals surface area contributed by atoms with Crippen LogP contribution in [0.4, 0.5) is 5.69 Å². The second kappa shape index (κ2) is 11.4. The van der Waals surface area contributed by atoms with E-state index in [2.05, 4.69) is 5.32 Å². The fourth-order valence-electron chi connectivity index (χ4n) is 3.59. The van der Waals surface area contributed by atoms with Crippen LogP contribution in [0.5, 0.6) is 11.5 Å². The molecule has 0 saturated heterocycles. The van der Waals surface area contributed by atoms with Crippen LogP contribution in [0, 0.1) is 0 Å². The molecule has 0 bridgehead atoms. The Labute approximate surface area is 207 Å². The zero-order valence-electron chi connectivity index (χ0n) is 20.6. The Kier molecular flexibility index (Phi) is 8.61. The molecule has 0 aromatic heterocycles. The highest BCUT2D eigenvalue weighted by Gasteiger charge is 2.32. The van der Waals surface area contributed by atoms with Gasteiger partial charge in [-0.05, 0) is 44.9 Å². The summed E-state index contributed by atoms with van der Waals surface area (Å²) in [7, 11) is -3.81. The zero-order valence-corrected chi connectivity index (χ0v) is 21.4. The molecule has 0 spiro atoms. The lowest BCUT2D eigenvalue weighted by Gasteiger charge is -2.32.